The number of ether oxygens (including phenoxy) is 1. The zero-order valence-corrected chi connectivity index (χ0v) is 20.5. The fraction of sp³-hybridized carbons (Fsp3) is 0.519. The van der Waals surface area contributed by atoms with Crippen molar-refractivity contribution in [3.63, 3.8) is 0 Å². The molecule has 204 valence electrons. The molecule has 2 fully saturated rings. The number of carboxylic acid groups (broad SMARTS) is 1. The zero-order chi connectivity index (χ0) is 27.2. The first-order valence-corrected chi connectivity index (χ1v) is 12.3. The van der Waals surface area contributed by atoms with E-state index in [0.29, 0.717) is 49.8 Å². The van der Waals surface area contributed by atoms with Gasteiger partial charge in [-0.15, -0.1) is 0 Å². The Hall–Kier alpha value is -2.75. The van der Waals surface area contributed by atoms with E-state index < -0.39 is 40.9 Å². The second-order valence-corrected chi connectivity index (χ2v) is 9.75. The van der Waals surface area contributed by atoms with E-state index in [9.17, 15) is 31.1 Å². The SMILES string of the molecule is C1CC1.CC(Cc1cccc(OCC2CC(NCc3cc(C(F)(F)F)ccc3C(F)(F)F)C2)c1)C(=O)O. The van der Waals surface area contributed by atoms with Gasteiger partial charge < -0.3 is 15.2 Å². The standard InChI is InChI=1S/C24H25F6NO3.C3H6/c1-14(22(32)33)7-15-3-2-4-20(10-15)34-13-16-8-19(9-16)31-12-17-11-18(23(25,26)27)5-6-21(17)24(28,29)30;1-2-3-1/h2-6,10-11,14,16,19,31H,7-9,12-13H2,1H3,(H,32,33);1-3H2. The maximum absolute atomic E-state index is 13.2. The van der Waals surface area contributed by atoms with Gasteiger partial charge in [0.2, 0.25) is 0 Å². The lowest BCUT2D eigenvalue weighted by Gasteiger charge is -2.36. The molecule has 1 atom stereocenters. The second kappa shape index (κ2) is 12.2. The highest BCUT2D eigenvalue weighted by molar-refractivity contribution is 5.69. The third-order valence-electron chi connectivity index (χ3n) is 6.26. The molecule has 2 aromatic carbocycles. The highest BCUT2D eigenvalue weighted by Crippen LogP contribution is 2.37. The van der Waals surface area contributed by atoms with E-state index in [4.69, 9.17) is 9.84 Å². The predicted octanol–water partition coefficient (Wildman–Crippen LogP) is 7.10. The van der Waals surface area contributed by atoms with Gasteiger partial charge in [0.25, 0.3) is 0 Å². The van der Waals surface area contributed by atoms with Crippen molar-refractivity contribution in [1.29, 1.82) is 0 Å². The van der Waals surface area contributed by atoms with Gasteiger partial charge in [-0.2, -0.15) is 26.3 Å². The molecule has 0 aliphatic heterocycles. The minimum absolute atomic E-state index is 0.119. The Balaban J connectivity index is 0.00000118. The Morgan fingerprint density at radius 2 is 1.70 bits per heavy atom. The molecule has 1 unspecified atom stereocenters. The molecule has 0 spiro atoms. The highest BCUT2D eigenvalue weighted by Gasteiger charge is 2.37. The molecule has 2 aliphatic carbocycles. The van der Waals surface area contributed by atoms with E-state index in [2.05, 4.69) is 5.32 Å². The number of aliphatic carboxylic acids is 1. The summed E-state index contributed by atoms with van der Waals surface area (Å²) in [7, 11) is 0. The molecule has 4 nitrogen and oxygen atoms in total. The summed E-state index contributed by atoms with van der Waals surface area (Å²) in [6.45, 7) is 1.68. The molecule has 2 aromatic rings. The molecule has 10 heteroatoms. The molecule has 0 heterocycles. The van der Waals surface area contributed by atoms with Gasteiger partial charge in [-0.1, -0.05) is 38.3 Å². The van der Waals surface area contributed by atoms with E-state index in [-0.39, 0.29) is 18.5 Å². The van der Waals surface area contributed by atoms with E-state index in [1.807, 2.05) is 6.07 Å². The molecule has 2 aliphatic rings. The number of hydrogen-bond acceptors (Lipinski definition) is 3. The average Bonchev–Trinajstić information content (AvgIpc) is 3.66. The maximum atomic E-state index is 13.2. The molecular weight excluding hydrogens is 500 g/mol. The third-order valence-corrected chi connectivity index (χ3v) is 6.26. The van der Waals surface area contributed by atoms with Crippen LogP contribution >= 0.6 is 0 Å². The molecular formula is C27H31F6NO3. The Morgan fingerprint density at radius 1 is 1.03 bits per heavy atom. The molecule has 0 saturated heterocycles. The van der Waals surface area contributed by atoms with Gasteiger partial charge in [-0.3, -0.25) is 4.79 Å². The Labute approximate surface area is 212 Å². The van der Waals surface area contributed by atoms with Crippen LogP contribution in [0.3, 0.4) is 0 Å². The summed E-state index contributed by atoms with van der Waals surface area (Å²) < 4.78 is 84.2. The van der Waals surface area contributed by atoms with E-state index in [0.717, 1.165) is 5.56 Å². The summed E-state index contributed by atoms with van der Waals surface area (Å²) >= 11 is 0. The Kier molecular flexibility index (Phi) is 9.50. The largest absolute Gasteiger partial charge is 0.493 e. The fourth-order valence-electron chi connectivity index (χ4n) is 3.90. The Morgan fingerprint density at radius 3 is 2.27 bits per heavy atom. The van der Waals surface area contributed by atoms with Gasteiger partial charge >= 0.3 is 18.3 Å². The molecule has 0 amide bonds. The minimum Gasteiger partial charge on any atom is -0.493 e. The first-order chi connectivity index (χ1) is 17.3. The number of alkyl halides is 6. The molecule has 4 rings (SSSR count). The van der Waals surface area contributed by atoms with Gasteiger partial charge in [0, 0.05) is 12.6 Å². The first-order valence-electron chi connectivity index (χ1n) is 12.3. The van der Waals surface area contributed by atoms with E-state index in [1.54, 1.807) is 25.1 Å². The minimum atomic E-state index is -4.74. The van der Waals surface area contributed by atoms with Gasteiger partial charge in [0.15, 0.2) is 0 Å². The number of nitrogens with one attached hydrogen (secondary N) is 1. The van der Waals surface area contributed by atoms with Crippen LogP contribution in [0.25, 0.3) is 0 Å². The van der Waals surface area contributed by atoms with E-state index in [1.165, 1.54) is 19.3 Å². The quantitative estimate of drug-likeness (QED) is 0.339. The summed E-state index contributed by atoms with van der Waals surface area (Å²) in [4.78, 5) is 11.0. The van der Waals surface area contributed by atoms with Gasteiger partial charge in [-0.05, 0) is 66.6 Å². The molecule has 2 saturated carbocycles. The summed E-state index contributed by atoms with van der Waals surface area (Å²) in [6, 6.07) is 8.48. The number of carbonyl (C=O) groups is 1. The van der Waals surface area contributed by atoms with Crippen LogP contribution in [-0.2, 0) is 30.1 Å². The lowest BCUT2D eigenvalue weighted by Crippen LogP contribution is -2.43. The maximum Gasteiger partial charge on any atom is 0.416 e. The van der Waals surface area contributed by atoms with Crippen molar-refractivity contribution in [2.75, 3.05) is 6.61 Å². The number of benzene rings is 2. The predicted molar refractivity (Wildman–Crippen MR) is 126 cm³/mol. The second-order valence-electron chi connectivity index (χ2n) is 9.75. The lowest BCUT2D eigenvalue weighted by atomic mass is 9.80. The van der Waals surface area contributed by atoms with Crippen molar-refractivity contribution in [3.05, 3.63) is 64.7 Å². The summed E-state index contributed by atoms with van der Waals surface area (Å²) in [5.41, 5.74) is -1.79. The van der Waals surface area contributed by atoms with Crippen molar-refractivity contribution in [2.24, 2.45) is 11.8 Å². The third kappa shape index (κ3) is 9.25. The molecule has 0 bridgehead atoms. The first kappa shape index (κ1) is 28.8. The van der Waals surface area contributed by atoms with Crippen LogP contribution in [0.15, 0.2) is 42.5 Å². The van der Waals surface area contributed by atoms with Crippen molar-refractivity contribution in [2.45, 2.75) is 70.4 Å². The lowest BCUT2D eigenvalue weighted by molar-refractivity contribution is -0.141. The van der Waals surface area contributed by atoms with Crippen LogP contribution in [0.5, 0.6) is 5.75 Å². The van der Waals surface area contributed by atoms with Crippen LogP contribution in [0.1, 0.15) is 61.3 Å². The molecule has 37 heavy (non-hydrogen) atoms. The molecule has 0 aromatic heterocycles. The smallest absolute Gasteiger partial charge is 0.416 e. The highest BCUT2D eigenvalue weighted by atomic mass is 19.4. The normalized spacial score (nSPS) is 19.8. The summed E-state index contributed by atoms with van der Waals surface area (Å²) in [5.74, 6) is -0.650. The molecule has 0 radical (unpaired) electrons. The number of carboxylic acids is 1. The fourth-order valence-corrected chi connectivity index (χ4v) is 3.90. The van der Waals surface area contributed by atoms with Crippen molar-refractivity contribution in [3.8, 4) is 5.75 Å². The van der Waals surface area contributed by atoms with Crippen LogP contribution in [0, 0.1) is 11.8 Å². The van der Waals surface area contributed by atoms with Crippen LogP contribution < -0.4 is 10.1 Å². The zero-order valence-electron chi connectivity index (χ0n) is 20.5. The number of halogens is 6. The van der Waals surface area contributed by atoms with Crippen molar-refractivity contribution < 1.29 is 41.0 Å². The summed E-state index contributed by atoms with van der Waals surface area (Å²) in [5, 5.41) is 11.9. The van der Waals surface area contributed by atoms with Crippen LogP contribution in [0.2, 0.25) is 0 Å². The van der Waals surface area contributed by atoms with Crippen molar-refractivity contribution >= 4 is 5.97 Å². The van der Waals surface area contributed by atoms with Gasteiger partial charge in [-0.25, -0.2) is 0 Å². The average molecular weight is 532 g/mol. The van der Waals surface area contributed by atoms with Gasteiger partial charge in [0.05, 0.1) is 23.7 Å². The van der Waals surface area contributed by atoms with Gasteiger partial charge in [0.1, 0.15) is 5.75 Å². The van der Waals surface area contributed by atoms with Crippen LogP contribution in [0.4, 0.5) is 26.3 Å². The monoisotopic (exact) mass is 531 g/mol. The summed E-state index contributed by atoms with van der Waals surface area (Å²) in [6.07, 6.45) is -3.35. The van der Waals surface area contributed by atoms with E-state index >= 15 is 0 Å². The number of rotatable bonds is 9. The van der Waals surface area contributed by atoms with Crippen LogP contribution in [-0.4, -0.2) is 23.7 Å². The molecule has 2 N–H and O–H groups in total. The van der Waals surface area contributed by atoms with Crippen molar-refractivity contribution in [1.82, 2.24) is 5.32 Å². The number of hydrogen-bond donors (Lipinski definition) is 2. The topological polar surface area (TPSA) is 58.6 Å². The Bertz CT molecular complexity index is 1040.